The number of ether oxygens (including phenoxy) is 1. The van der Waals surface area contributed by atoms with E-state index in [0.717, 1.165) is 19.5 Å². The number of benzene rings is 1. The second-order valence-electron chi connectivity index (χ2n) is 8.20. The lowest BCUT2D eigenvalue weighted by molar-refractivity contribution is 0.0635. The Morgan fingerprint density at radius 3 is 2.74 bits per heavy atom. The van der Waals surface area contributed by atoms with E-state index in [-0.39, 0.29) is 5.91 Å². The minimum atomic E-state index is -0.565. The molecule has 0 saturated carbocycles. The molecule has 150 valence electrons. The maximum Gasteiger partial charge on any atom is 0.412 e. The summed E-state index contributed by atoms with van der Waals surface area (Å²) in [6.07, 6.45) is 4.27. The monoisotopic (exact) mass is 375 g/mol. The van der Waals surface area contributed by atoms with E-state index in [0.29, 0.717) is 23.8 Å². The molecule has 6 heteroatoms. The van der Waals surface area contributed by atoms with E-state index in [1.54, 1.807) is 45.0 Å². The molecule has 1 fully saturated rings. The zero-order valence-corrected chi connectivity index (χ0v) is 17.0. The van der Waals surface area contributed by atoms with Crippen LogP contribution in [0.3, 0.4) is 0 Å². The summed E-state index contributed by atoms with van der Waals surface area (Å²) in [6, 6.07) is 7.52. The van der Waals surface area contributed by atoms with E-state index in [9.17, 15) is 9.59 Å². The Bertz CT molecular complexity index is 640. The minimum Gasteiger partial charge on any atom is -0.444 e. The number of piperidine rings is 1. The van der Waals surface area contributed by atoms with Gasteiger partial charge >= 0.3 is 6.09 Å². The van der Waals surface area contributed by atoms with Crippen LogP contribution in [0, 0.1) is 0 Å². The van der Waals surface area contributed by atoms with Gasteiger partial charge in [-0.3, -0.25) is 10.1 Å². The van der Waals surface area contributed by atoms with Gasteiger partial charge in [0.25, 0.3) is 5.91 Å². The summed E-state index contributed by atoms with van der Waals surface area (Å²) in [4.78, 5) is 26.7. The average molecular weight is 376 g/mol. The third-order valence-corrected chi connectivity index (χ3v) is 4.62. The third kappa shape index (κ3) is 7.59. The summed E-state index contributed by atoms with van der Waals surface area (Å²) in [5, 5.41) is 5.62. The van der Waals surface area contributed by atoms with Crippen LogP contribution in [0.15, 0.2) is 24.3 Å². The number of likely N-dealkylation sites (tertiary alicyclic amines) is 1. The molecule has 6 nitrogen and oxygen atoms in total. The zero-order chi connectivity index (χ0) is 19.9. The Hall–Kier alpha value is -2.08. The molecular weight excluding hydrogens is 342 g/mol. The number of carbonyl (C=O) groups is 2. The molecule has 2 rings (SSSR count). The van der Waals surface area contributed by atoms with Gasteiger partial charge in [-0.05, 0) is 71.7 Å². The SMILES string of the molecule is C[C@H]1CCCCN1CCCNC(=O)c1cccc(NC(=O)OC(C)(C)C)c1. The predicted octanol–water partition coefficient (Wildman–Crippen LogP) is 4.03. The van der Waals surface area contributed by atoms with Crippen LogP contribution in [-0.2, 0) is 4.74 Å². The van der Waals surface area contributed by atoms with Crippen molar-refractivity contribution in [3.63, 3.8) is 0 Å². The number of nitrogens with zero attached hydrogens (tertiary/aromatic N) is 1. The lowest BCUT2D eigenvalue weighted by atomic mass is 10.0. The quantitative estimate of drug-likeness (QED) is 0.737. The van der Waals surface area contributed by atoms with Crippen LogP contribution in [0.2, 0.25) is 0 Å². The van der Waals surface area contributed by atoms with Gasteiger partial charge < -0.3 is 15.0 Å². The number of amides is 2. The predicted molar refractivity (Wildman–Crippen MR) is 108 cm³/mol. The van der Waals surface area contributed by atoms with E-state index >= 15 is 0 Å². The van der Waals surface area contributed by atoms with Crippen molar-refractivity contribution in [1.82, 2.24) is 10.2 Å². The largest absolute Gasteiger partial charge is 0.444 e. The van der Waals surface area contributed by atoms with Crippen LogP contribution < -0.4 is 10.6 Å². The van der Waals surface area contributed by atoms with Crippen LogP contribution in [0.5, 0.6) is 0 Å². The highest BCUT2D eigenvalue weighted by Gasteiger charge is 2.18. The second-order valence-corrected chi connectivity index (χ2v) is 8.20. The van der Waals surface area contributed by atoms with Gasteiger partial charge in [0.1, 0.15) is 5.60 Å². The highest BCUT2D eigenvalue weighted by atomic mass is 16.6. The molecule has 1 aromatic rings. The van der Waals surface area contributed by atoms with Gasteiger partial charge in [-0.2, -0.15) is 0 Å². The number of rotatable bonds is 6. The fourth-order valence-corrected chi connectivity index (χ4v) is 3.24. The molecular formula is C21H33N3O3. The van der Waals surface area contributed by atoms with Crippen molar-refractivity contribution in [2.24, 2.45) is 0 Å². The summed E-state index contributed by atoms with van der Waals surface area (Å²) in [6.45, 7) is 10.5. The Morgan fingerprint density at radius 1 is 1.26 bits per heavy atom. The fourth-order valence-electron chi connectivity index (χ4n) is 3.24. The number of carbonyl (C=O) groups excluding carboxylic acids is 2. The smallest absolute Gasteiger partial charge is 0.412 e. The van der Waals surface area contributed by atoms with Crippen LogP contribution >= 0.6 is 0 Å². The van der Waals surface area contributed by atoms with Gasteiger partial charge in [0, 0.05) is 30.4 Å². The Morgan fingerprint density at radius 2 is 2.04 bits per heavy atom. The molecule has 1 aliphatic rings. The van der Waals surface area contributed by atoms with Gasteiger partial charge in [-0.15, -0.1) is 0 Å². The van der Waals surface area contributed by atoms with Gasteiger partial charge in [0.15, 0.2) is 0 Å². The standard InChI is InChI=1S/C21H33N3O3/c1-16-9-5-6-13-24(16)14-8-12-22-19(25)17-10-7-11-18(15-17)23-20(26)27-21(2,3)4/h7,10-11,15-16H,5-6,8-9,12-14H2,1-4H3,(H,22,25)(H,23,26)/t16-/m0/s1. The maximum absolute atomic E-state index is 12.4. The highest BCUT2D eigenvalue weighted by molar-refractivity contribution is 5.96. The average Bonchev–Trinajstić information content (AvgIpc) is 2.58. The molecule has 2 N–H and O–H groups in total. The number of nitrogens with one attached hydrogen (secondary N) is 2. The second kappa shape index (κ2) is 9.74. The van der Waals surface area contributed by atoms with Crippen molar-refractivity contribution in [3.05, 3.63) is 29.8 Å². The first-order chi connectivity index (χ1) is 12.7. The maximum atomic E-state index is 12.4. The van der Waals surface area contributed by atoms with Gasteiger partial charge in [0.05, 0.1) is 0 Å². The summed E-state index contributed by atoms with van der Waals surface area (Å²) in [5.74, 6) is -0.130. The van der Waals surface area contributed by atoms with E-state index in [2.05, 4.69) is 22.5 Å². The van der Waals surface area contributed by atoms with Crippen molar-refractivity contribution >= 4 is 17.7 Å². The first-order valence-electron chi connectivity index (χ1n) is 9.87. The van der Waals surface area contributed by atoms with Crippen LogP contribution in [-0.4, -0.2) is 48.2 Å². The normalized spacial score (nSPS) is 18.0. The molecule has 1 aromatic carbocycles. The van der Waals surface area contributed by atoms with E-state index in [1.165, 1.54) is 19.3 Å². The molecule has 0 radical (unpaired) electrons. The van der Waals surface area contributed by atoms with Crippen molar-refractivity contribution in [1.29, 1.82) is 0 Å². The first kappa shape index (κ1) is 21.2. The molecule has 0 unspecified atom stereocenters. The van der Waals surface area contributed by atoms with Crippen molar-refractivity contribution in [2.75, 3.05) is 25.0 Å². The Balaban J connectivity index is 1.78. The van der Waals surface area contributed by atoms with E-state index in [4.69, 9.17) is 4.74 Å². The molecule has 1 heterocycles. The molecule has 1 atom stereocenters. The summed E-state index contributed by atoms with van der Waals surface area (Å²) in [5.41, 5.74) is 0.499. The Kier molecular flexibility index (Phi) is 7.66. The summed E-state index contributed by atoms with van der Waals surface area (Å²) in [7, 11) is 0. The van der Waals surface area contributed by atoms with E-state index < -0.39 is 11.7 Å². The first-order valence-corrected chi connectivity index (χ1v) is 9.87. The molecule has 0 spiro atoms. The molecule has 1 saturated heterocycles. The third-order valence-electron chi connectivity index (χ3n) is 4.62. The molecule has 0 aliphatic carbocycles. The van der Waals surface area contributed by atoms with E-state index in [1.807, 2.05) is 0 Å². The number of anilines is 1. The molecule has 0 bridgehead atoms. The van der Waals surface area contributed by atoms with Crippen LogP contribution in [0.1, 0.15) is 63.7 Å². The molecule has 1 aliphatic heterocycles. The van der Waals surface area contributed by atoms with Gasteiger partial charge in [0.2, 0.25) is 0 Å². The van der Waals surface area contributed by atoms with Crippen LogP contribution in [0.4, 0.5) is 10.5 Å². The Labute approximate surface area is 162 Å². The number of hydrogen-bond donors (Lipinski definition) is 2. The van der Waals surface area contributed by atoms with Gasteiger partial charge in [-0.25, -0.2) is 4.79 Å². The van der Waals surface area contributed by atoms with Gasteiger partial charge in [-0.1, -0.05) is 12.5 Å². The topological polar surface area (TPSA) is 70.7 Å². The molecule has 27 heavy (non-hydrogen) atoms. The summed E-state index contributed by atoms with van der Waals surface area (Å²) >= 11 is 0. The lowest BCUT2D eigenvalue weighted by Gasteiger charge is -2.33. The fraction of sp³-hybridized carbons (Fsp3) is 0.619. The molecule has 2 amide bonds. The summed E-state index contributed by atoms with van der Waals surface area (Å²) < 4.78 is 5.23. The lowest BCUT2D eigenvalue weighted by Crippen LogP contribution is -2.39. The highest BCUT2D eigenvalue weighted by Crippen LogP contribution is 2.16. The van der Waals surface area contributed by atoms with Crippen molar-refractivity contribution in [3.8, 4) is 0 Å². The van der Waals surface area contributed by atoms with Crippen molar-refractivity contribution < 1.29 is 14.3 Å². The molecule has 0 aromatic heterocycles. The minimum absolute atomic E-state index is 0.130. The number of hydrogen-bond acceptors (Lipinski definition) is 4. The zero-order valence-electron chi connectivity index (χ0n) is 17.0. The van der Waals surface area contributed by atoms with Crippen LogP contribution in [0.25, 0.3) is 0 Å². The van der Waals surface area contributed by atoms with Crippen molar-refractivity contribution in [2.45, 2.75) is 65.0 Å².